The maximum Gasteiger partial charge on any atom is 0.191 e. The molecule has 0 amide bonds. The van der Waals surface area contributed by atoms with Crippen LogP contribution in [-0.4, -0.2) is 22.4 Å². The van der Waals surface area contributed by atoms with E-state index in [1.54, 1.807) is 0 Å². The number of guanidine groups is 1. The summed E-state index contributed by atoms with van der Waals surface area (Å²) in [5.41, 5.74) is 15.7. The summed E-state index contributed by atoms with van der Waals surface area (Å²) in [6.07, 6.45) is 5.20. The third-order valence-corrected chi connectivity index (χ3v) is 7.12. The molecule has 1 heterocycles. The number of benzene rings is 2. The fourth-order valence-corrected chi connectivity index (χ4v) is 5.02. The van der Waals surface area contributed by atoms with Crippen molar-refractivity contribution in [3.05, 3.63) is 46.5 Å². The van der Waals surface area contributed by atoms with Crippen molar-refractivity contribution in [2.45, 2.75) is 70.3 Å². The van der Waals surface area contributed by atoms with Crippen molar-refractivity contribution in [2.75, 3.05) is 5.75 Å². The number of nitrogens with two attached hydrogens (primary N) is 2. The van der Waals surface area contributed by atoms with E-state index in [4.69, 9.17) is 16.2 Å². The minimum Gasteiger partial charge on any atom is -0.507 e. The third kappa shape index (κ3) is 5.04. The molecule has 162 valence electrons. The maximum absolute atomic E-state index is 10.4. The molecule has 5 nitrogen and oxygen atoms in total. The first kappa shape index (κ1) is 22.3. The summed E-state index contributed by atoms with van der Waals surface area (Å²) in [6, 6.07) is 7.97. The number of hydrogen-bond donors (Lipinski definition) is 3. The van der Waals surface area contributed by atoms with Gasteiger partial charge in [-0.1, -0.05) is 6.07 Å². The van der Waals surface area contributed by atoms with Gasteiger partial charge in [0.25, 0.3) is 0 Å². The van der Waals surface area contributed by atoms with E-state index >= 15 is 0 Å². The molecule has 0 aliphatic carbocycles. The molecule has 1 unspecified atom stereocenters. The number of phenolic OH excluding ortho intramolecular Hbond substituents is 1. The van der Waals surface area contributed by atoms with Crippen molar-refractivity contribution >= 4 is 23.4 Å². The van der Waals surface area contributed by atoms with Crippen LogP contribution in [0, 0.1) is 20.8 Å². The molecule has 1 aliphatic heterocycles. The van der Waals surface area contributed by atoms with Gasteiger partial charge in [0, 0.05) is 10.5 Å². The van der Waals surface area contributed by atoms with Crippen molar-refractivity contribution in [3.63, 3.8) is 0 Å². The highest BCUT2D eigenvalue weighted by Crippen LogP contribution is 2.44. The Balaban J connectivity index is 1.53. The van der Waals surface area contributed by atoms with Crippen molar-refractivity contribution < 1.29 is 9.84 Å². The summed E-state index contributed by atoms with van der Waals surface area (Å²) >= 11 is 1.82. The van der Waals surface area contributed by atoms with Crippen LogP contribution in [0.25, 0.3) is 0 Å². The minimum absolute atomic E-state index is 0.0790. The fraction of sp³-hybridized carbons (Fsp3) is 0.458. The molecule has 0 aromatic heterocycles. The van der Waals surface area contributed by atoms with Crippen molar-refractivity contribution in [1.82, 2.24) is 0 Å². The molecular weight excluding hydrogens is 394 g/mol. The quantitative estimate of drug-likeness (QED) is 0.242. The first-order valence-corrected chi connectivity index (χ1v) is 11.5. The van der Waals surface area contributed by atoms with E-state index in [-0.39, 0.29) is 11.6 Å². The van der Waals surface area contributed by atoms with E-state index < -0.39 is 0 Å². The molecule has 2 aromatic rings. The predicted octanol–water partition coefficient (Wildman–Crippen LogP) is 5.27. The molecule has 1 aliphatic rings. The molecule has 6 heteroatoms. The molecule has 2 aromatic carbocycles. The molecule has 0 fully saturated rings. The lowest BCUT2D eigenvalue weighted by Gasteiger charge is -2.38. The van der Waals surface area contributed by atoms with E-state index in [2.05, 4.69) is 18.0 Å². The van der Waals surface area contributed by atoms with Crippen LogP contribution in [0.1, 0.15) is 54.9 Å². The fourth-order valence-electron chi connectivity index (χ4n) is 4.05. The second-order valence-electron chi connectivity index (χ2n) is 8.42. The van der Waals surface area contributed by atoms with Gasteiger partial charge in [0.1, 0.15) is 17.1 Å². The SMILES string of the molecule is Cc1c(C)c2c(c(C)c1O)CCC(C)(CCCCSc1cccc(N=C(N)N)c1)O2. The number of thioether (sulfide) groups is 1. The van der Waals surface area contributed by atoms with Crippen LogP contribution in [0.3, 0.4) is 0 Å². The molecule has 0 saturated carbocycles. The van der Waals surface area contributed by atoms with Crippen LogP contribution >= 0.6 is 11.8 Å². The average molecular weight is 428 g/mol. The average Bonchev–Trinajstić information content (AvgIpc) is 2.70. The van der Waals surface area contributed by atoms with Gasteiger partial charge in [-0.25, -0.2) is 4.99 Å². The van der Waals surface area contributed by atoms with Gasteiger partial charge in [0.15, 0.2) is 5.96 Å². The van der Waals surface area contributed by atoms with Crippen molar-refractivity contribution in [3.8, 4) is 11.5 Å². The number of hydrogen-bond acceptors (Lipinski definition) is 4. The second-order valence-corrected chi connectivity index (χ2v) is 9.59. The number of ether oxygens (including phenoxy) is 1. The van der Waals surface area contributed by atoms with E-state index in [1.165, 1.54) is 10.5 Å². The lowest BCUT2D eigenvalue weighted by atomic mass is 9.85. The number of aromatic hydroxyl groups is 1. The highest BCUT2D eigenvalue weighted by Gasteiger charge is 2.34. The lowest BCUT2D eigenvalue weighted by Crippen LogP contribution is -2.37. The molecule has 3 rings (SSSR count). The number of rotatable bonds is 7. The van der Waals surface area contributed by atoms with E-state index in [1.807, 2.05) is 50.7 Å². The monoisotopic (exact) mass is 427 g/mol. The van der Waals surface area contributed by atoms with Gasteiger partial charge in [-0.2, -0.15) is 0 Å². The zero-order valence-corrected chi connectivity index (χ0v) is 19.2. The Hall–Kier alpha value is -2.34. The van der Waals surface area contributed by atoms with Crippen LogP contribution in [0.5, 0.6) is 11.5 Å². The molecule has 0 spiro atoms. The second kappa shape index (κ2) is 9.21. The smallest absolute Gasteiger partial charge is 0.191 e. The summed E-state index contributed by atoms with van der Waals surface area (Å²) in [5.74, 6) is 2.53. The van der Waals surface area contributed by atoms with Gasteiger partial charge in [0.2, 0.25) is 0 Å². The first-order valence-electron chi connectivity index (χ1n) is 10.5. The summed E-state index contributed by atoms with van der Waals surface area (Å²) in [6.45, 7) is 8.23. The number of phenols is 1. The zero-order chi connectivity index (χ0) is 21.9. The van der Waals surface area contributed by atoms with Gasteiger partial charge in [0.05, 0.1) is 5.69 Å². The number of unbranched alkanes of at least 4 members (excludes halogenated alkanes) is 1. The molecule has 0 bridgehead atoms. The zero-order valence-electron chi connectivity index (χ0n) is 18.4. The highest BCUT2D eigenvalue weighted by atomic mass is 32.2. The Morgan fingerprint density at radius 1 is 1.17 bits per heavy atom. The largest absolute Gasteiger partial charge is 0.507 e. The van der Waals surface area contributed by atoms with Crippen LogP contribution < -0.4 is 16.2 Å². The Kier molecular flexibility index (Phi) is 6.86. The Morgan fingerprint density at radius 2 is 1.93 bits per heavy atom. The number of nitrogens with zero attached hydrogens (tertiary/aromatic N) is 1. The Bertz CT molecular complexity index is 954. The van der Waals surface area contributed by atoms with E-state index in [9.17, 15) is 5.11 Å². The van der Waals surface area contributed by atoms with Crippen molar-refractivity contribution in [2.24, 2.45) is 16.5 Å². The number of fused-ring (bicyclic) bond motifs is 1. The maximum atomic E-state index is 10.4. The highest BCUT2D eigenvalue weighted by molar-refractivity contribution is 7.99. The summed E-state index contributed by atoms with van der Waals surface area (Å²) in [4.78, 5) is 5.28. The molecule has 0 radical (unpaired) electrons. The molecule has 0 saturated heterocycles. The number of aliphatic imine (C=N–C) groups is 1. The molecule has 5 N–H and O–H groups in total. The molecule has 1 atom stereocenters. The van der Waals surface area contributed by atoms with Gasteiger partial charge in [-0.15, -0.1) is 11.8 Å². The predicted molar refractivity (Wildman–Crippen MR) is 126 cm³/mol. The standard InChI is InChI=1S/C24H33N3O2S/c1-15-16(2)22-20(17(3)21(15)28)10-12-24(4,29-22)11-5-6-13-30-19-9-7-8-18(14-19)27-23(25)26/h7-9,14,28H,5-6,10-13H2,1-4H3,(H4,25,26,27). The topological polar surface area (TPSA) is 93.9 Å². The van der Waals surface area contributed by atoms with Gasteiger partial charge in [-0.05, 0) is 100 Å². The first-order chi connectivity index (χ1) is 14.2. The Labute approximate surface area is 183 Å². The van der Waals surface area contributed by atoms with Crippen LogP contribution in [-0.2, 0) is 6.42 Å². The van der Waals surface area contributed by atoms with Crippen LogP contribution in [0.4, 0.5) is 5.69 Å². The Morgan fingerprint density at radius 3 is 2.67 bits per heavy atom. The molecular formula is C24H33N3O2S. The summed E-state index contributed by atoms with van der Waals surface area (Å²) < 4.78 is 6.53. The third-order valence-electron chi connectivity index (χ3n) is 6.04. The van der Waals surface area contributed by atoms with Crippen LogP contribution in [0.15, 0.2) is 34.2 Å². The summed E-state index contributed by atoms with van der Waals surface area (Å²) in [5, 5.41) is 10.4. The normalized spacial score (nSPS) is 17.9. The minimum atomic E-state index is -0.147. The van der Waals surface area contributed by atoms with Gasteiger partial charge in [-0.3, -0.25) is 0 Å². The van der Waals surface area contributed by atoms with Gasteiger partial charge >= 0.3 is 0 Å². The van der Waals surface area contributed by atoms with E-state index in [0.29, 0.717) is 5.75 Å². The lowest BCUT2D eigenvalue weighted by molar-refractivity contribution is 0.0528. The van der Waals surface area contributed by atoms with Crippen LogP contribution in [0.2, 0.25) is 0 Å². The van der Waals surface area contributed by atoms with E-state index in [0.717, 1.165) is 66.0 Å². The van der Waals surface area contributed by atoms with Gasteiger partial charge < -0.3 is 21.3 Å². The molecule has 30 heavy (non-hydrogen) atoms. The summed E-state index contributed by atoms with van der Waals surface area (Å²) in [7, 11) is 0. The van der Waals surface area contributed by atoms with Crippen molar-refractivity contribution in [1.29, 1.82) is 0 Å².